The van der Waals surface area contributed by atoms with E-state index in [1.807, 2.05) is 23.1 Å². The molecule has 1 aromatic rings. The first-order valence-corrected chi connectivity index (χ1v) is 8.41. The third-order valence-electron chi connectivity index (χ3n) is 4.38. The summed E-state index contributed by atoms with van der Waals surface area (Å²) in [7, 11) is 6.60. The van der Waals surface area contributed by atoms with Crippen molar-refractivity contribution in [2.75, 3.05) is 41.4 Å². The van der Waals surface area contributed by atoms with Crippen molar-refractivity contribution < 1.29 is 19.1 Å². The van der Waals surface area contributed by atoms with E-state index in [9.17, 15) is 9.59 Å². The second-order valence-corrected chi connectivity index (χ2v) is 6.37. The van der Waals surface area contributed by atoms with Crippen LogP contribution in [0.5, 0.6) is 11.5 Å². The Labute approximate surface area is 148 Å². The fraction of sp³-hybridized carbons (Fsp3) is 0.556. The van der Waals surface area contributed by atoms with Crippen LogP contribution in [0.15, 0.2) is 18.2 Å². The van der Waals surface area contributed by atoms with E-state index in [0.717, 1.165) is 18.4 Å². The Morgan fingerprint density at radius 2 is 1.80 bits per heavy atom. The number of hydrogen-bond donors (Lipinski definition) is 1. The number of hydrogen-bond acceptors (Lipinski definition) is 4. The molecule has 1 N–H and O–H groups in total. The van der Waals surface area contributed by atoms with Gasteiger partial charge in [0, 0.05) is 33.2 Å². The Balaban J connectivity index is 1.87. The largest absolute Gasteiger partial charge is 0.493 e. The predicted molar refractivity (Wildman–Crippen MR) is 95.1 cm³/mol. The molecule has 1 aliphatic rings. The minimum atomic E-state index is -0.0879. The number of carbonyl (C=O) groups is 2. The predicted octanol–water partition coefficient (Wildman–Crippen LogP) is 1.51. The molecule has 0 spiro atoms. The van der Waals surface area contributed by atoms with Gasteiger partial charge in [0.05, 0.1) is 20.6 Å². The number of nitrogens with one attached hydrogen (secondary N) is 1. The van der Waals surface area contributed by atoms with Crippen LogP contribution in [0, 0.1) is 0 Å². The van der Waals surface area contributed by atoms with Gasteiger partial charge >= 0.3 is 6.03 Å². The molecule has 7 nitrogen and oxygen atoms in total. The molecule has 2 rings (SSSR count). The van der Waals surface area contributed by atoms with Gasteiger partial charge in [0.15, 0.2) is 11.5 Å². The SMILES string of the molecule is COc1ccc(CC(=O)N2CCC(NC(=O)N(C)C)CC2)cc1OC. The van der Waals surface area contributed by atoms with E-state index in [1.165, 1.54) is 4.90 Å². The molecule has 138 valence electrons. The van der Waals surface area contributed by atoms with E-state index in [1.54, 1.807) is 28.3 Å². The lowest BCUT2D eigenvalue weighted by molar-refractivity contribution is -0.131. The summed E-state index contributed by atoms with van der Waals surface area (Å²) in [4.78, 5) is 27.6. The zero-order valence-electron chi connectivity index (χ0n) is 15.4. The molecule has 3 amide bonds. The average Bonchev–Trinajstić information content (AvgIpc) is 2.62. The van der Waals surface area contributed by atoms with Crippen LogP contribution in [0.2, 0.25) is 0 Å². The molecule has 1 aromatic carbocycles. The van der Waals surface area contributed by atoms with Gasteiger partial charge in [-0.2, -0.15) is 0 Å². The third kappa shape index (κ3) is 5.01. The van der Waals surface area contributed by atoms with Crippen LogP contribution in [-0.2, 0) is 11.2 Å². The summed E-state index contributed by atoms with van der Waals surface area (Å²) >= 11 is 0. The molecule has 1 fully saturated rings. The van der Waals surface area contributed by atoms with Crippen LogP contribution < -0.4 is 14.8 Å². The van der Waals surface area contributed by atoms with E-state index >= 15 is 0 Å². The van der Waals surface area contributed by atoms with Crippen molar-refractivity contribution in [2.24, 2.45) is 0 Å². The Kier molecular flexibility index (Phi) is 6.50. The van der Waals surface area contributed by atoms with Gasteiger partial charge in [-0.1, -0.05) is 6.07 Å². The topological polar surface area (TPSA) is 71.1 Å². The third-order valence-corrected chi connectivity index (χ3v) is 4.38. The van der Waals surface area contributed by atoms with Crippen LogP contribution in [0.1, 0.15) is 18.4 Å². The first kappa shape index (κ1) is 18.9. The zero-order valence-corrected chi connectivity index (χ0v) is 15.4. The van der Waals surface area contributed by atoms with Crippen molar-refractivity contribution in [3.8, 4) is 11.5 Å². The van der Waals surface area contributed by atoms with E-state index < -0.39 is 0 Å². The number of methoxy groups -OCH3 is 2. The maximum atomic E-state index is 12.5. The van der Waals surface area contributed by atoms with Gasteiger partial charge in [-0.3, -0.25) is 4.79 Å². The fourth-order valence-electron chi connectivity index (χ4n) is 2.85. The number of amides is 3. The molecule has 0 aromatic heterocycles. The molecule has 1 saturated heterocycles. The first-order chi connectivity index (χ1) is 11.9. The Hall–Kier alpha value is -2.44. The van der Waals surface area contributed by atoms with E-state index in [2.05, 4.69) is 5.32 Å². The Bertz CT molecular complexity index is 610. The second kappa shape index (κ2) is 8.60. The van der Waals surface area contributed by atoms with Crippen molar-refractivity contribution in [1.82, 2.24) is 15.1 Å². The van der Waals surface area contributed by atoms with Crippen molar-refractivity contribution in [2.45, 2.75) is 25.3 Å². The highest BCUT2D eigenvalue weighted by molar-refractivity contribution is 5.79. The summed E-state index contributed by atoms with van der Waals surface area (Å²) in [6.07, 6.45) is 1.88. The quantitative estimate of drug-likeness (QED) is 0.875. The van der Waals surface area contributed by atoms with Crippen LogP contribution in [-0.4, -0.2) is 69.2 Å². The molecule has 7 heteroatoms. The summed E-state index contributed by atoms with van der Waals surface area (Å²) in [6.45, 7) is 1.31. The highest BCUT2D eigenvalue weighted by atomic mass is 16.5. The van der Waals surface area contributed by atoms with Gasteiger partial charge in [0.2, 0.25) is 5.91 Å². The van der Waals surface area contributed by atoms with E-state index in [-0.39, 0.29) is 18.0 Å². The van der Waals surface area contributed by atoms with Gasteiger partial charge in [0.25, 0.3) is 0 Å². The molecule has 0 bridgehead atoms. The average molecular weight is 349 g/mol. The number of carbonyl (C=O) groups excluding carboxylic acids is 2. The first-order valence-electron chi connectivity index (χ1n) is 8.41. The minimum absolute atomic E-state index is 0.0876. The lowest BCUT2D eigenvalue weighted by atomic mass is 10.0. The van der Waals surface area contributed by atoms with Gasteiger partial charge in [-0.15, -0.1) is 0 Å². The maximum Gasteiger partial charge on any atom is 0.317 e. The summed E-state index contributed by atoms with van der Waals surface area (Å²) in [5.41, 5.74) is 0.894. The molecule has 0 saturated carbocycles. The number of ether oxygens (including phenoxy) is 2. The van der Waals surface area contributed by atoms with Crippen LogP contribution in [0.4, 0.5) is 4.79 Å². The molecule has 0 radical (unpaired) electrons. The van der Waals surface area contributed by atoms with Crippen LogP contribution in [0.25, 0.3) is 0 Å². The summed E-state index contributed by atoms with van der Waals surface area (Å²) in [5, 5.41) is 2.97. The molecule has 0 atom stereocenters. The smallest absolute Gasteiger partial charge is 0.317 e. The van der Waals surface area contributed by atoms with Crippen LogP contribution >= 0.6 is 0 Å². The minimum Gasteiger partial charge on any atom is -0.493 e. The van der Waals surface area contributed by atoms with Crippen molar-refractivity contribution in [3.05, 3.63) is 23.8 Å². The highest BCUT2D eigenvalue weighted by Gasteiger charge is 2.24. The van der Waals surface area contributed by atoms with E-state index in [0.29, 0.717) is 31.0 Å². The molecule has 1 aliphatic heterocycles. The summed E-state index contributed by atoms with van der Waals surface area (Å²) in [5.74, 6) is 1.36. The second-order valence-electron chi connectivity index (χ2n) is 6.37. The number of benzene rings is 1. The molecule has 25 heavy (non-hydrogen) atoms. The summed E-state index contributed by atoms with van der Waals surface area (Å²) in [6, 6.07) is 5.56. The highest BCUT2D eigenvalue weighted by Crippen LogP contribution is 2.28. The number of nitrogens with zero attached hydrogens (tertiary/aromatic N) is 2. The van der Waals surface area contributed by atoms with Crippen LogP contribution in [0.3, 0.4) is 0 Å². The number of likely N-dealkylation sites (tertiary alicyclic amines) is 1. The zero-order chi connectivity index (χ0) is 18.4. The van der Waals surface area contributed by atoms with Gasteiger partial charge in [-0.25, -0.2) is 4.79 Å². The standard InChI is InChI=1S/C18H27N3O4/c1-20(2)18(23)19-14-7-9-21(10-8-14)17(22)12-13-5-6-15(24-3)16(11-13)25-4/h5-6,11,14H,7-10,12H2,1-4H3,(H,19,23). The fourth-order valence-corrected chi connectivity index (χ4v) is 2.85. The Morgan fingerprint density at radius 1 is 1.16 bits per heavy atom. The van der Waals surface area contributed by atoms with Gasteiger partial charge < -0.3 is 24.6 Å². The number of piperidine rings is 1. The van der Waals surface area contributed by atoms with Crippen molar-refractivity contribution in [1.29, 1.82) is 0 Å². The molecular weight excluding hydrogens is 322 g/mol. The number of urea groups is 1. The van der Waals surface area contributed by atoms with Gasteiger partial charge in [-0.05, 0) is 30.5 Å². The van der Waals surface area contributed by atoms with Crippen molar-refractivity contribution in [3.63, 3.8) is 0 Å². The molecule has 1 heterocycles. The molecule has 0 aliphatic carbocycles. The normalized spacial score (nSPS) is 14.8. The van der Waals surface area contributed by atoms with E-state index in [4.69, 9.17) is 9.47 Å². The Morgan fingerprint density at radius 3 is 2.36 bits per heavy atom. The maximum absolute atomic E-state index is 12.5. The molecular formula is C18H27N3O4. The number of rotatable bonds is 5. The van der Waals surface area contributed by atoms with Gasteiger partial charge in [0.1, 0.15) is 0 Å². The molecule has 0 unspecified atom stereocenters. The lowest BCUT2D eigenvalue weighted by Gasteiger charge is -2.33. The van der Waals surface area contributed by atoms with Crippen molar-refractivity contribution >= 4 is 11.9 Å². The monoisotopic (exact) mass is 349 g/mol. The lowest BCUT2D eigenvalue weighted by Crippen LogP contribution is -2.49. The summed E-state index contributed by atoms with van der Waals surface area (Å²) < 4.78 is 10.5.